The van der Waals surface area contributed by atoms with Crippen molar-refractivity contribution >= 4 is 0 Å². The molecule has 1 atom stereocenters. The average Bonchev–Trinajstić information content (AvgIpc) is 2.20. The van der Waals surface area contributed by atoms with E-state index in [1.807, 2.05) is 6.92 Å². The molecule has 1 aliphatic heterocycles. The van der Waals surface area contributed by atoms with Crippen LogP contribution in [0.25, 0.3) is 0 Å². The van der Waals surface area contributed by atoms with Gasteiger partial charge in [-0.2, -0.15) is 0 Å². The van der Waals surface area contributed by atoms with Crippen molar-refractivity contribution in [2.75, 3.05) is 33.5 Å². The van der Waals surface area contributed by atoms with E-state index in [4.69, 9.17) is 19.9 Å². The van der Waals surface area contributed by atoms with E-state index in [2.05, 4.69) is 0 Å². The second-order valence-corrected chi connectivity index (χ2v) is 3.67. The molecular weight excluding hydrogens is 182 g/mol. The summed E-state index contributed by atoms with van der Waals surface area (Å²) in [6, 6.07) is -0.0589. The lowest BCUT2D eigenvalue weighted by Gasteiger charge is -2.41. The summed E-state index contributed by atoms with van der Waals surface area (Å²) < 4.78 is 16.2. The Bertz CT molecular complexity index is 152. The summed E-state index contributed by atoms with van der Waals surface area (Å²) in [5, 5.41) is 0. The van der Waals surface area contributed by atoms with Gasteiger partial charge in [0.2, 0.25) is 0 Å². The van der Waals surface area contributed by atoms with Gasteiger partial charge in [0, 0.05) is 39.8 Å². The molecule has 1 heterocycles. The first kappa shape index (κ1) is 11.9. The molecule has 0 aromatic rings. The fraction of sp³-hybridized carbons (Fsp3) is 1.00. The van der Waals surface area contributed by atoms with Crippen LogP contribution >= 0.6 is 0 Å². The SMILES string of the molecule is CCOC1(C(N)COC)CCOCC1. The van der Waals surface area contributed by atoms with Crippen molar-refractivity contribution in [1.29, 1.82) is 0 Å². The molecule has 2 N–H and O–H groups in total. The fourth-order valence-corrected chi connectivity index (χ4v) is 1.96. The van der Waals surface area contributed by atoms with Crippen molar-refractivity contribution in [2.24, 2.45) is 5.73 Å². The molecule has 1 fully saturated rings. The maximum atomic E-state index is 6.07. The Hall–Kier alpha value is -0.160. The molecule has 0 aliphatic carbocycles. The van der Waals surface area contributed by atoms with Crippen LogP contribution in [0.3, 0.4) is 0 Å². The van der Waals surface area contributed by atoms with E-state index in [1.165, 1.54) is 0 Å². The number of rotatable bonds is 5. The van der Waals surface area contributed by atoms with Gasteiger partial charge < -0.3 is 19.9 Å². The number of hydrogen-bond donors (Lipinski definition) is 1. The van der Waals surface area contributed by atoms with E-state index in [0.717, 1.165) is 26.1 Å². The first-order valence-electron chi connectivity index (χ1n) is 5.21. The Morgan fingerprint density at radius 2 is 2.07 bits per heavy atom. The Morgan fingerprint density at radius 3 is 2.57 bits per heavy atom. The highest BCUT2D eigenvalue weighted by molar-refractivity contribution is 4.93. The predicted molar refractivity (Wildman–Crippen MR) is 54.3 cm³/mol. The van der Waals surface area contributed by atoms with E-state index in [0.29, 0.717) is 13.2 Å². The summed E-state index contributed by atoms with van der Waals surface area (Å²) in [5.41, 5.74) is 5.84. The Kier molecular flexibility index (Phi) is 4.81. The molecule has 1 unspecified atom stereocenters. The summed E-state index contributed by atoms with van der Waals surface area (Å²) in [4.78, 5) is 0. The molecule has 1 saturated heterocycles. The fourth-order valence-electron chi connectivity index (χ4n) is 1.96. The third-order valence-electron chi connectivity index (χ3n) is 2.79. The summed E-state index contributed by atoms with van der Waals surface area (Å²) in [6.45, 7) is 4.70. The van der Waals surface area contributed by atoms with Crippen LogP contribution in [0.4, 0.5) is 0 Å². The van der Waals surface area contributed by atoms with Crippen molar-refractivity contribution < 1.29 is 14.2 Å². The highest BCUT2D eigenvalue weighted by Crippen LogP contribution is 2.28. The summed E-state index contributed by atoms with van der Waals surface area (Å²) in [6.07, 6.45) is 1.73. The van der Waals surface area contributed by atoms with E-state index in [9.17, 15) is 0 Å². The zero-order valence-electron chi connectivity index (χ0n) is 9.12. The smallest absolute Gasteiger partial charge is 0.0898 e. The van der Waals surface area contributed by atoms with Gasteiger partial charge in [0.15, 0.2) is 0 Å². The van der Waals surface area contributed by atoms with Gasteiger partial charge in [-0.1, -0.05) is 0 Å². The monoisotopic (exact) mass is 203 g/mol. The minimum Gasteiger partial charge on any atom is -0.383 e. The van der Waals surface area contributed by atoms with Crippen molar-refractivity contribution in [3.8, 4) is 0 Å². The van der Waals surface area contributed by atoms with Crippen LogP contribution in [-0.4, -0.2) is 45.2 Å². The summed E-state index contributed by atoms with van der Waals surface area (Å²) in [7, 11) is 1.67. The Morgan fingerprint density at radius 1 is 1.43 bits per heavy atom. The second kappa shape index (κ2) is 5.66. The molecule has 14 heavy (non-hydrogen) atoms. The summed E-state index contributed by atoms with van der Waals surface area (Å²) >= 11 is 0. The number of methoxy groups -OCH3 is 1. The largest absolute Gasteiger partial charge is 0.383 e. The standard InChI is InChI=1S/C10H21NO3/c1-3-14-10(9(11)8-12-2)4-6-13-7-5-10/h9H,3-8,11H2,1-2H3. The van der Waals surface area contributed by atoms with E-state index < -0.39 is 0 Å². The van der Waals surface area contributed by atoms with Crippen LogP contribution in [-0.2, 0) is 14.2 Å². The molecule has 0 aromatic carbocycles. The molecule has 84 valence electrons. The first-order valence-corrected chi connectivity index (χ1v) is 5.21. The number of nitrogens with two attached hydrogens (primary N) is 1. The maximum absolute atomic E-state index is 6.07. The van der Waals surface area contributed by atoms with Gasteiger partial charge in [-0.25, -0.2) is 0 Å². The van der Waals surface area contributed by atoms with Crippen LogP contribution in [0.1, 0.15) is 19.8 Å². The van der Waals surface area contributed by atoms with Crippen LogP contribution in [0.15, 0.2) is 0 Å². The quantitative estimate of drug-likeness (QED) is 0.709. The van der Waals surface area contributed by atoms with Crippen LogP contribution < -0.4 is 5.73 Å². The van der Waals surface area contributed by atoms with Crippen molar-refractivity contribution in [2.45, 2.75) is 31.4 Å². The van der Waals surface area contributed by atoms with Crippen molar-refractivity contribution in [3.05, 3.63) is 0 Å². The van der Waals surface area contributed by atoms with Gasteiger partial charge in [-0.05, 0) is 6.92 Å². The lowest BCUT2D eigenvalue weighted by atomic mass is 9.87. The van der Waals surface area contributed by atoms with Crippen molar-refractivity contribution in [3.63, 3.8) is 0 Å². The van der Waals surface area contributed by atoms with E-state index in [1.54, 1.807) is 7.11 Å². The molecule has 1 rings (SSSR count). The second-order valence-electron chi connectivity index (χ2n) is 3.67. The maximum Gasteiger partial charge on any atom is 0.0898 e. The molecule has 0 amide bonds. The van der Waals surface area contributed by atoms with E-state index >= 15 is 0 Å². The molecule has 4 nitrogen and oxygen atoms in total. The zero-order valence-corrected chi connectivity index (χ0v) is 9.12. The van der Waals surface area contributed by atoms with Crippen LogP contribution in [0.2, 0.25) is 0 Å². The number of hydrogen-bond acceptors (Lipinski definition) is 4. The molecule has 4 heteroatoms. The van der Waals surface area contributed by atoms with Gasteiger partial charge in [0.05, 0.1) is 18.2 Å². The Balaban J connectivity index is 2.58. The highest BCUT2D eigenvalue weighted by atomic mass is 16.5. The van der Waals surface area contributed by atoms with Gasteiger partial charge >= 0.3 is 0 Å². The Labute approximate surface area is 85.7 Å². The molecule has 1 aliphatic rings. The van der Waals surface area contributed by atoms with Gasteiger partial charge in [0.25, 0.3) is 0 Å². The molecule has 0 spiro atoms. The minimum absolute atomic E-state index is 0.0589. The third kappa shape index (κ3) is 2.67. The van der Waals surface area contributed by atoms with Gasteiger partial charge in [0.1, 0.15) is 0 Å². The topological polar surface area (TPSA) is 53.7 Å². The molecule has 0 radical (unpaired) electrons. The molecule has 0 saturated carbocycles. The van der Waals surface area contributed by atoms with Gasteiger partial charge in [-0.3, -0.25) is 0 Å². The van der Waals surface area contributed by atoms with Crippen LogP contribution in [0.5, 0.6) is 0 Å². The summed E-state index contributed by atoms with van der Waals surface area (Å²) in [5.74, 6) is 0. The van der Waals surface area contributed by atoms with Gasteiger partial charge in [-0.15, -0.1) is 0 Å². The average molecular weight is 203 g/mol. The molecular formula is C10H21NO3. The highest BCUT2D eigenvalue weighted by Gasteiger charge is 2.39. The third-order valence-corrected chi connectivity index (χ3v) is 2.79. The minimum atomic E-state index is -0.233. The van der Waals surface area contributed by atoms with E-state index in [-0.39, 0.29) is 11.6 Å². The number of ether oxygens (including phenoxy) is 3. The normalized spacial score (nSPS) is 23.4. The zero-order chi connectivity index (χ0) is 10.4. The lowest BCUT2D eigenvalue weighted by molar-refractivity contribution is -0.128. The van der Waals surface area contributed by atoms with Crippen LogP contribution in [0, 0.1) is 0 Å². The first-order chi connectivity index (χ1) is 6.75. The predicted octanol–water partition coefficient (Wildman–Crippen LogP) is 0.546. The van der Waals surface area contributed by atoms with Crippen molar-refractivity contribution in [1.82, 2.24) is 0 Å². The lowest BCUT2D eigenvalue weighted by Crippen LogP contribution is -2.55. The molecule has 0 bridgehead atoms. The molecule has 0 aromatic heterocycles.